The van der Waals surface area contributed by atoms with Gasteiger partial charge in [-0.3, -0.25) is 0 Å². The molecular weight excluding hydrogens is 370 g/mol. The van der Waals surface area contributed by atoms with E-state index in [2.05, 4.69) is 15.6 Å². The Morgan fingerprint density at radius 1 is 0.931 bits per heavy atom. The third-order valence-electron chi connectivity index (χ3n) is 4.34. The average molecular weight is 389 g/mol. The quantitative estimate of drug-likeness (QED) is 0.493. The minimum atomic E-state index is -0.386. The summed E-state index contributed by atoms with van der Waals surface area (Å²) >= 11 is 0. The number of ether oxygens (including phenoxy) is 2. The van der Waals surface area contributed by atoms with E-state index in [1.54, 1.807) is 37.4 Å². The molecule has 1 heterocycles. The van der Waals surface area contributed by atoms with Crippen LogP contribution >= 0.6 is 0 Å². The number of oxazole rings is 1. The minimum absolute atomic E-state index is 0.386. The number of hydrogen-bond acceptors (Lipinski definition) is 5. The maximum atomic E-state index is 12.3. The van der Waals surface area contributed by atoms with Gasteiger partial charge in [-0.05, 0) is 48.5 Å². The Kier molecular flexibility index (Phi) is 5.03. The van der Waals surface area contributed by atoms with Crippen LogP contribution in [0.3, 0.4) is 0 Å². The summed E-state index contributed by atoms with van der Waals surface area (Å²) in [6.45, 7) is 0. The molecule has 0 aliphatic carbocycles. The van der Waals surface area contributed by atoms with Crippen LogP contribution in [0.1, 0.15) is 0 Å². The first-order valence-electron chi connectivity index (χ1n) is 8.92. The van der Waals surface area contributed by atoms with Gasteiger partial charge < -0.3 is 24.5 Å². The monoisotopic (exact) mass is 389 g/mol. The van der Waals surface area contributed by atoms with Crippen molar-refractivity contribution in [1.29, 1.82) is 0 Å². The highest BCUT2D eigenvalue weighted by atomic mass is 16.5. The molecule has 7 heteroatoms. The number of anilines is 2. The van der Waals surface area contributed by atoms with Crippen LogP contribution in [0.15, 0.2) is 71.1 Å². The van der Waals surface area contributed by atoms with Crippen molar-refractivity contribution in [3.8, 4) is 23.0 Å². The zero-order chi connectivity index (χ0) is 20.2. The third kappa shape index (κ3) is 3.98. The molecule has 0 spiro atoms. The molecule has 7 nitrogen and oxygen atoms in total. The fourth-order valence-corrected chi connectivity index (χ4v) is 2.88. The first-order chi connectivity index (χ1) is 14.2. The van der Waals surface area contributed by atoms with Gasteiger partial charge in [-0.1, -0.05) is 12.1 Å². The van der Waals surface area contributed by atoms with E-state index in [0.717, 1.165) is 16.7 Å². The number of nitrogens with zero attached hydrogens (tertiary/aromatic N) is 1. The van der Waals surface area contributed by atoms with Crippen molar-refractivity contribution < 1.29 is 18.7 Å². The van der Waals surface area contributed by atoms with Gasteiger partial charge in [0, 0.05) is 17.3 Å². The maximum Gasteiger partial charge on any atom is 0.323 e. The summed E-state index contributed by atoms with van der Waals surface area (Å²) in [5, 5.41) is 5.55. The van der Waals surface area contributed by atoms with Gasteiger partial charge >= 0.3 is 6.03 Å². The highest BCUT2D eigenvalue weighted by Gasteiger charge is 2.11. The predicted molar refractivity (Wildman–Crippen MR) is 112 cm³/mol. The number of nitrogens with one attached hydrogen (secondary N) is 2. The zero-order valence-electron chi connectivity index (χ0n) is 15.9. The highest BCUT2D eigenvalue weighted by molar-refractivity contribution is 6.00. The molecule has 0 atom stereocenters. The van der Waals surface area contributed by atoms with Gasteiger partial charge in [0.05, 0.1) is 19.9 Å². The Labute approximate surface area is 167 Å². The Morgan fingerprint density at radius 2 is 1.72 bits per heavy atom. The number of methoxy groups -OCH3 is 2. The largest absolute Gasteiger partial charge is 0.497 e. The second-order valence-electron chi connectivity index (χ2n) is 6.21. The van der Waals surface area contributed by atoms with E-state index in [4.69, 9.17) is 13.9 Å². The molecule has 2 N–H and O–H groups in total. The molecule has 0 fully saturated rings. The van der Waals surface area contributed by atoms with Gasteiger partial charge in [0.2, 0.25) is 5.89 Å². The summed E-state index contributed by atoms with van der Waals surface area (Å²) in [5.74, 6) is 1.68. The smallest absolute Gasteiger partial charge is 0.323 e. The molecule has 4 rings (SSSR count). The minimum Gasteiger partial charge on any atom is -0.497 e. The summed E-state index contributed by atoms with van der Waals surface area (Å²) in [7, 11) is 3.10. The van der Waals surface area contributed by atoms with Gasteiger partial charge in [-0.15, -0.1) is 0 Å². The fraction of sp³-hybridized carbons (Fsp3) is 0.0909. The van der Waals surface area contributed by atoms with E-state index in [-0.39, 0.29) is 6.03 Å². The van der Waals surface area contributed by atoms with Gasteiger partial charge in [0.25, 0.3) is 0 Å². The van der Waals surface area contributed by atoms with Gasteiger partial charge in [-0.2, -0.15) is 0 Å². The number of aromatic nitrogens is 1. The van der Waals surface area contributed by atoms with Crippen LogP contribution in [0.25, 0.3) is 22.6 Å². The van der Waals surface area contributed by atoms with Crippen LogP contribution in [-0.4, -0.2) is 25.2 Å². The number of para-hydroxylation sites is 2. The topological polar surface area (TPSA) is 85.6 Å². The normalized spacial score (nSPS) is 10.6. The van der Waals surface area contributed by atoms with E-state index >= 15 is 0 Å². The van der Waals surface area contributed by atoms with Crippen molar-refractivity contribution in [2.45, 2.75) is 0 Å². The SMILES string of the molecule is COc1ccc(NC(=O)Nc2ccc(-c3nc4ccccc4o3)cc2)c(OC)c1. The van der Waals surface area contributed by atoms with E-state index in [1.807, 2.05) is 36.4 Å². The lowest BCUT2D eigenvalue weighted by molar-refractivity contribution is 0.262. The first-order valence-corrected chi connectivity index (χ1v) is 8.92. The Hall–Kier alpha value is -4.00. The van der Waals surface area contributed by atoms with Gasteiger partial charge in [-0.25, -0.2) is 9.78 Å². The number of rotatable bonds is 5. The van der Waals surface area contributed by atoms with Crippen LogP contribution in [0, 0.1) is 0 Å². The number of hydrogen-bond donors (Lipinski definition) is 2. The third-order valence-corrected chi connectivity index (χ3v) is 4.34. The number of carbonyl (C=O) groups excluding carboxylic acids is 1. The molecule has 0 saturated carbocycles. The van der Waals surface area contributed by atoms with Crippen molar-refractivity contribution in [3.05, 3.63) is 66.7 Å². The first kappa shape index (κ1) is 18.4. The Bertz CT molecular complexity index is 1120. The van der Waals surface area contributed by atoms with Crippen molar-refractivity contribution in [3.63, 3.8) is 0 Å². The molecule has 0 bridgehead atoms. The number of fused-ring (bicyclic) bond motifs is 1. The molecule has 1 aromatic heterocycles. The molecule has 0 unspecified atom stereocenters. The maximum absolute atomic E-state index is 12.3. The lowest BCUT2D eigenvalue weighted by atomic mass is 10.2. The molecule has 2 amide bonds. The van der Waals surface area contributed by atoms with Crippen molar-refractivity contribution in [1.82, 2.24) is 4.98 Å². The lowest BCUT2D eigenvalue weighted by Gasteiger charge is -2.12. The highest BCUT2D eigenvalue weighted by Crippen LogP contribution is 2.29. The van der Waals surface area contributed by atoms with Crippen LogP contribution < -0.4 is 20.1 Å². The average Bonchev–Trinajstić information content (AvgIpc) is 3.18. The summed E-state index contributed by atoms with van der Waals surface area (Å²) in [5.41, 5.74) is 3.53. The molecule has 4 aromatic rings. The molecule has 146 valence electrons. The molecule has 0 aliphatic rings. The second kappa shape index (κ2) is 7.93. The fourth-order valence-electron chi connectivity index (χ4n) is 2.88. The Balaban J connectivity index is 1.45. The van der Waals surface area contributed by atoms with E-state index in [0.29, 0.717) is 28.8 Å². The zero-order valence-corrected chi connectivity index (χ0v) is 15.9. The summed E-state index contributed by atoms with van der Waals surface area (Å²) in [6, 6.07) is 19.6. The summed E-state index contributed by atoms with van der Waals surface area (Å²) in [4.78, 5) is 16.8. The number of amides is 2. The van der Waals surface area contributed by atoms with Gasteiger partial charge in [0.1, 0.15) is 17.0 Å². The van der Waals surface area contributed by atoms with E-state index < -0.39 is 0 Å². The molecule has 0 radical (unpaired) electrons. The van der Waals surface area contributed by atoms with Crippen LogP contribution in [0.5, 0.6) is 11.5 Å². The lowest BCUT2D eigenvalue weighted by Crippen LogP contribution is -2.19. The van der Waals surface area contributed by atoms with Crippen molar-refractivity contribution >= 4 is 28.5 Å². The molecular formula is C22H19N3O4. The molecule has 0 saturated heterocycles. The molecule has 0 aliphatic heterocycles. The number of benzene rings is 3. The predicted octanol–water partition coefficient (Wildman–Crippen LogP) is 5.16. The van der Waals surface area contributed by atoms with Crippen molar-refractivity contribution in [2.75, 3.05) is 24.9 Å². The number of carbonyl (C=O) groups is 1. The standard InChI is InChI=1S/C22H19N3O4/c1-27-16-11-12-18(20(13-16)28-2)25-22(26)23-15-9-7-14(8-10-15)21-24-17-5-3-4-6-19(17)29-21/h3-13H,1-2H3,(H2,23,25,26). The van der Waals surface area contributed by atoms with Crippen LogP contribution in [0.2, 0.25) is 0 Å². The Morgan fingerprint density at radius 3 is 2.45 bits per heavy atom. The molecule has 3 aromatic carbocycles. The van der Waals surface area contributed by atoms with Crippen molar-refractivity contribution in [2.24, 2.45) is 0 Å². The van der Waals surface area contributed by atoms with E-state index in [9.17, 15) is 4.79 Å². The van der Waals surface area contributed by atoms with Gasteiger partial charge in [0.15, 0.2) is 5.58 Å². The summed E-state index contributed by atoms with van der Waals surface area (Å²) in [6.07, 6.45) is 0. The van der Waals surface area contributed by atoms with Crippen LogP contribution in [-0.2, 0) is 0 Å². The van der Waals surface area contributed by atoms with Crippen LogP contribution in [0.4, 0.5) is 16.2 Å². The van der Waals surface area contributed by atoms with E-state index in [1.165, 1.54) is 7.11 Å². The second-order valence-corrected chi connectivity index (χ2v) is 6.21. The number of urea groups is 1. The summed E-state index contributed by atoms with van der Waals surface area (Å²) < 4.78 is 16.2. The molecule has 29 heavy (non-hydrogen) atoms.